The Morgan fingerprint density at radius 1 is 1.62 bits per heavy atom. The van der Waals surface area contributed by atoms with Crippen molar-refractivity contribution in [2.75, 3.05) is 24.2 Å². The van der Waals surface area contributed by atoms with E-state index in [1.165, 1.54) is 19.2 Å². The largest absolute Gasteiger partial charge is 0.378 e. The molecule has 0 aromatic carbocycles. The number of hydrogen-bond donors (Lipinski definition) is 1. The van der Waals surface area contributed by atoms with E-state index in [0.717, 1.165) is 6.54 Å². The highest BCUT2D eigenvalue weighted by atomic mass is 16.6. The lowest BCUT2D eigenvalue weighted by Gasteiger charge is -2.17. The van der Waals surface area contributed by atoms with Gasteiger partial charge in [0.1, 0.15) is 6.33 Å². The molecule has 0 aliphatic heterocycles. The van der Waals surface area contributed by atoms with Crippen molar-refractivity contribution in [1.82, 2.24) is 9.97 Å². The van der Waals surface area contributed by atoms with Crippen LogP contribution in [-0.4, -0.2) is 28.5 Å². The van der Waals surface area contributed by atoms with Crippen LogP contribution in [0.3, 0.4) is 0 Å². The van der Waals surface area contributed by atoms with Crippen LogP contribution in [-0.2, 0) is 0 Å². The van der Waals surface area contributed by atoms with E-state index in [-0.39, 0.29) is 11.5 Å². The zero-order valence-electron chi connectivity index (χ0n) is 8.96. The molecule has 1 heterocycles. The predicted octanol–water partition coefficient (Wildman–Crippen LogP) is 0.813. The number of aromatic nitrogens is 2. The molecule has 0 spiro atoms. The SMILES string of the molecule is CN(CC1CC1)c1ncnc(N)c1[N+](=O)[O-]. The van der Waals surface area contributed by atoms with Gasteiger partial charge in [-0.1, -0.05) is 0 Å². The Kier molecular flexibility index (Phi) is 2.59. The maximum Gasteiger partial charge on any atom is 0.353 e. The van der Waals surface area contributed by atoms with E-state index in [0.29, 0.717) is 11.7 Å². The maximum absolute atomic E-state index is 10.9. The molecule has 0 amide bonds. The van der Waals surface area contributed by atoms with Gasteiger partial charge in [-0.05, 0) is 18.8 Å². The van der Waals surface area contributed by atoms with Crippen LogP contribution in [0.25, 0.3) is 0 Å². The quantitative estimate of drug-likeness (QED) is 0.599. The summed E-state index contributed by atoms with van der Waals surface area (Å²) in [6.45, 7) is 0.775. The van der Waals surface area contributed by atoms with E-state index >= 15 is 0 Å². The van der Waals surface area contributed by atoms with Crippen LogP contribution in [0.4, 0.5) is 17.3 Å². The van der Waals surface area contributed by atoms with Gasteiger partial charge in [-0.2, -0.15) is 0 Å². The zero-order valence-corrected chi connectivity index (χ0v) is 8.96. The van der Waals surface area contributed by atoms with Gasteiger partial charge >= 0.3 is 5.69 Å². The molecule has 1 aliphatic carbocycles. The lowest BCUT2D eigenvalue weighted by molar-refractivity contribution is -0.383. The van der Waals surface area contributed by atoms with Crippen LogP contribution < -0.4 is 10.6 Å². The maximum atomic E-state index is 10.9. The highest BCUT2D eigenvalue weighted by Crippen LogP contribution is 2.34. The van der Waals surface area contributed by atoms with Crippen LogP contribution >= 0.6 is 0 Å². The Bertz CT molecular complexity index is 418. The van der Waals surface area contributed by atoms with Crippen LogP contribution in [0, 0.1) is 16.0 Å². The topological polar surface area (TPSA) is 98.2 Å². The van der Waals surface area contributed by atoms with Crippen molar-refractivity contribution in [2.45, 2.75) is 12.8 Å². The van der Waals surface area contributed by atoms with Crippen molar-refractivity contribution in [3.63, 3.8) is 0 Å². The molecule has 2 rings (SSSR count). The average molecular weight is 223 g/mol. The Morgan fingerprint density at radius 3 is 2.88 bits per heavy atom. The second-order valence-electron chi connectivity index (χ2n) is 4.01. The number of nitrogens with two attached hydrogens (primary N) is 1. The van der Waals surface area contributed by atoms with Crippen LogP contribution in [0.2, 0.25) is 0 Å². The molecule has 7 nitrogen and oxygen atoms in total. The summed E-state index contributed by atoms with van der Waals surface area (Å²) in [6, 6.07) is 0. The molecule has 2 N–H and O–H groups in total. The van der Waals surface area contributed by atoms with Gasteiger partial charge in [0, 0.05) is 13.6 Å². The third-order valence-electron chi connectivity index (χ3n) is 2.60. The van der Waals surface area contributed by atoms with E-state index in [1.54, 1.807) is 11.9 Å². The molecular weight excluding hydrogens is 210 g/mol. The molecule has 1 aromatic heterocycles. The standard InChI is InChI=1S/C9H13N5O2/c1-13(4-6-2-3-6)9-7(14(15)16)8(10)11-5-12-9/h5-6H,2-4H2,1H3,(H2,10,11,12). The highest BCUT2D eigenvalue weighted by molar-refractivity contribution is 5.68. The summed E-state index contributed by atoms with van der Waals surface area (Å²) >= 11 is 0. The van der Waals surface area contributed by atoms with Crippen LogP contribution in [0.5, 0.6) is 0 Å². The summed E-state index contributed by atoms with van der Waals surface area (Å²) in [7, 11) is 1.78. The normalized spacial score (nSPS) is 14.8. The number of nitrogen functional groups attached to an aromatic ring is 1. The molecule has 0 saturated heterocycles. The summed E-state index contributed by atoms with van der Waals surface area (Å²) in [5.41, 5.74) is 5.28. The van der Waals surface area contributed by atoms with Gasteiger partial charge in [-0.3, -0.25) is 10.1 Å². The second-order valence-corrected chi connectivity index (χ2v) is 4.01. The second kappa shape index (κ2) is 3.92. The average Bonchev–Trinajstić information content (AvgIpc) is 3.00. The third-order valence-corrected chi connectivity index (χ3v) is 2.60. The molecule has 1 fully saturated rings. The van der Waals surface area contributed by atoms with E-state index in [4.69, 9.17) is 5.73 Å². The van der Waals surface area contributed by atoms with Gasteiger partial charge in [0.05, 0.1) is 4.92 Å². The van der Waals surface area contributed by atoms with Gasteiger partial charge < -0.3 is 10.6 Å². The van der Waals surface area contributed by atoms with Gasteiger partial charge in [0.25, 0.3) is 0 Å². The molecule has 86 valence electrons. The van der Waals surface area contributed by atoms with E-state index < -0.39 is 4.92 Å². The molecule has 1 aliphatic rings. The minimum Gasteiger partial charge on any atom is -0.378 e. The van der Waals surface area contributed by atoms with Crippen molar-refractivity contribution >= 4 is 17.3 Å². The first kappa shape index (κ1) is 10.6. The molecule has 1 saturated carbocycles. The first-order valence-corrected chi connectivity index (χ1v) is 5.05. The van der Waals surface area contributed by atoms with E-state index in [9.17, 15) is 10.1 Å². The summed E-state index contributed by atoms with van der Waals surface area (Å²) in [5, 5.41) is 10.9. The van der Waals surface area contributed by atoms with E-state index in [1.807, 2.05) is 0 Å². The van der Waals surface area contributed by atoms with E-state index in [2.05, 4.69) is 9.97 Å². The summed E-state index contributed by atoms with van der Waals surface area (Å²) in [5.74, 6) is 0.836. The fourth-order valence-corrected chi connectivity index (χ4v) is 1.61. The Balaban J connectivity index is 2.30. The van der Waals surface area contributed by atoms with Crippen molar-refractivity contribution in [3.8, 4) is 0 Å². The first-order chi connectivity index (χ1) is 7.59. The van der Waals surface area contributed by atoms with Gasteiger partial charge in [-0.25, -0.2) is 9.97 Å². The Hall–Kier alpha value is -1.92. The molecule has 0 atom stereocenters. The van der Waals surface area contributed by atoms with Crippen molar-refractivity contribution in [1.29, 1.82) is 0 Å². The summed E-state index contributed by atoms with van der Waals surface area (Å²) < 4.78 is 0. The first-order valence-electron chi connectivity index (χ1n) is 5.05. The highest BCUT2D eigenvalue weighted by Gasteiger charge is 2.28. The lowest BCUT2D eigenvalue weighted by Crippen LogP contribution is -2.22. The van der Waals surface area contributed by atoms with Crippen molar-refractivity contribution in [3.05, 3.63) is 16.4 Å². The van der Waals surface area contributed by atoms with Crippen molar-refractivity contribution < 1.29 is 4.92 Å². The van der Waals surface area contributed by atoms with Gasteiger partial charge in [-0.15, -0.1) is 0 Å². The molecular formula is C9H13N5O2. The summed E-state index contributed by atoms with van der Waals surface area (Å²) in [6.07, 6.45) is 3.61. The third kappa shape index (κ3) is 2.02. The lowest BCUT2D eigenvalue weighted by atomic mass is 10.3. The smallest absolute Gasteiger partial charge is 0.353 e. The van der Waals surface area contributed by atoms with Crippen molar-refractivity contribution in [2.24, 2.45) is 5.92 Å². The monoisotopic (exact) mass is 223 g/mol. The Labute approximate surface area is 92.4 Å². The number of anilines is 2. The molecule has 0 unspecified atom stereocenters. The molecule has 1 aromatic rings. The number of rotatable bonds is 4. The fourth-order valence-electron chi connectivity index (χ4n) is 1.61. The van der Waals surface area contributed by atoms with Crippen LogP contribution in [0.1, 0.15) is 12.8 Å². The number of nitrogens with zero attached hydrogens (tertiary/aromatic N) is 4. The van der Waals surface area contributed by atoms with Gasteiger partial charge in [0.2, 0.25) is 11.6 Å². The number of hydrogen-bond acceptors (Lipinski definition) is 6. The minimum absolute atomic E-state index is 0.0855. The minimum atomic E-state index is -0.534. The molecule has 0 radical (unpaired) electrons. The Morgan fingerprint density at radius 2 is 2.31 bits per heavy atom. The molecule has 16 heavy (non-hydrogen) atoms. The predicted molar refractivity (Wildman–Crippen MR) is 59.1 cm³/mol. The zero-order chi connectivity index (χ0) is 11.7. The molecule has 7 heteroatoms. The van der Waals surface area contributed by atoms with Crippen LogP contribution in [0.15, 0.2) is 6.33 Å². The van der Waals surface area contributed by atoms with Gasteiger partial charge in [0.15, 0.2) is 0 Å². The number of nitro groups is 1. The molecule has 0 bridgehead atoms. The fraction of sp³-hybridized carbons (Fsp3) is 0.556. The summed E-state index contributed by atoms with van der Waals surface area (Å²) in [4.78, 5) is 19.7.